The van der Waals surface area contributed by atoms with Gasteiger partial charge in [-0.2, -0.15) is 0 Å². The summed E-state index contributed by atoms with van der Waals surface area (Å²) in [5.41, 5.74) is 3.67. The van der Waals surface area contributed by atoms with Gasteiger partial charge in [0.2, 0.25) is 0 Å². The predicted octanol–water partition coefficient (Wildman–Crippen LogP) is 2.92. The molecular weight excluding hydrogens is 326 g/mol. The van der Waals surface area contributed by atoms with Crippen LogP contribution in [0.4, 0.5) is 0 Å². The van der Waals surface area contributed by atoms with Crippen molar-refractivity contribution in [3.8, 4) is 0 Å². The minimum atomic E-state index is -0.903. The third-order valence-corrected chi connectivity index (χ3v) is 6.26. The summed E-state index contributed by atoms with van der Waals surface area (Å²) >= 11 is -0.903. The molecule has 1 N–H and O–H groups in total. The molecule has 0 amide bonds. The number of carbonyl (C=O) groups excluding carboxylic acids is 2. The Morgan fingerprint density at radius 1 is 1.38 bits per heavy atom. The van der Waals surface area contributed by atoms with Crippen molar-refractivity contribution in [2.75, 3.05) is 12.4 Å². The summed E-state index contributed by atoms with van der Waals surface area (Å²) in [7, 11) is 0. The molecule has 24 heavy (non-hydrogen) atoms. The first-order valence-electron chi connectivity index (χ1n) is 8.92. The van der Waals surface area contributed by atoms with Crippen LogP contribution in [0.2, 0.25) is 0 Å². The number of allylic oxidation sites excluding steroid dienone is 2. The quantitative estimate of drug-likeness (QED) is 0.297. The molecule has 1 rings (SSSR count). The Kier molecular flexibility index (Phi) is 9.02. The second-order valence-corrected chi connectivity index (χ2v) is 8.54. The van der Waals surface area contributed by atoms with E-state index in [9.17, 15) is 14.1 Å². The van der Waals surface area contributed by atoms with E-state index >= 15 is 0 Å². The topological polar surface area (TPSA) is 78.5 Å². The van der Waals surface area contributed by atoms with E-state index in [1.54, 1.807) is 0 Å². The Labute approximate surface area is 148 Å². The van der Waals surface area contributed by atoms with Crippen LogP contribution in [-0.2, 0) is 25.6 Å². The summed E-state index contributed by atoms with van der Waals surface area (Å²) in [6.07, 6.45) is 2.42. The van der Waals surface area contributed by atoms with Crippen LogP contribution in [0.5, 0.6) is 0 Å². The highest BCUT2D eigenvalue weighted by Crippen LogP contribution is 2.34. The van der Waals surface area contributed by atoms with Gasteiger partial charge in [-0.15, -0.1) is 0 Å². The molecule has 4 atom stereocenters. The lowest BCUT2D eigenvalue weighted by Gasteiger charge is -2.31. The molecule has 0 aromatic rings. The molecule has 6 heteroatoms. The van der Waals surface area contributed by atoms with Gasteiger partial charge in [-0.05, 0) is 39.5 Å². The summed E-state index contributed by atoms with van der Waals surface area (Å²) in [6, 6.07) is 0. The van der Waals surface area contributed by atoms with Crippen LogP contribution in [0.1, 0.15) is 60.3 Å². The molecule has 1 fully saturated rings. The van der Waals surface area contributed by atoms with Crippen LogP contribution in [0, 0.1) is 11.8 Å². The maximum atomic E-state index is 12.8. The summed E-state index contributed by atoms with van der Waals surface area (Å²) < 4.78 is 11.9. The van der Waals surface area contributed by atoms with Gasteiger partial charge in [0.1, 0.15) is 11.0 Å². The monoisotopic (exact) mass is 357 g/mol. The van der Waals surface area contributed by atoms with Crippen molar-refractivity contribution in [2.45, 2.75) is 65.6 Å². The van der Waals surface area contributed by atoms with Gasteiger partial charge in [0.05, 0.1) is 17.9 Å². The average molecular weight is 358 g/mol. The van der Waals surface area contributed by atoms with E-state index < -0.39 is 11.2 Å². The van der Waals surface area contributed by atoms with E-state index in [0.717, 1.165) is 6.42 Å². The van der Waals surface area contributed by atoms with Crippen LogP contribution < -0.4 is 5.48 Å². The normalized spacial score (nSPS) is 26.2. The molecule has 0 aliphatic heterocycles. The molecule has 0 aromatic carbocycles. The van der Waals surface area contributed by atoms with E-state index in [1.165, 1.54) is 0 Å². The van der Waals surface area contributed by atoms with Crippen LogP contribution in [0.15, 0.2) is 11.3 Å². The third-order valence-electron chi connectivity index (χ3n) is 4.60. The van der Waals surface area contributed by atoms with Gasteiger partial charge in [0.15, 0.2) is 11.6 Å². The van der Waals surface area contributed by atoms with Gasteiger partial charge >= 0.3 is 0 Å². The molecule has 0 radical (unpaired) electrons. The fourth-order valence-corrected chi connectivity index (χ4v) is 4.19. The first-order chi connectivity index (χ1) is 11.4. The van der Waals surface area contributed by atoms with E-state index in [2.05, 4.69) is 5.48 Å². The van der Waals surface area contributed by atoms with Gasteiger partial charge < -0.3 is 4.55 Å². The number of nitrogens with one attached hydrogen (secondary N) is 1. The Morgan fingerprint density at radius 2 is 2.04 bits per heavy atom. The zero-order valence-electron chi connectivity index (χ0n) is 15.5. The molecule has 138 valence electrons. The highest BCUT2D eigenvalue weighted by molar-refractivity contribution is 7.91. The molecule has 5 nitrogen and oxygen atoms in total. The first kappa shape index (κ1) is 21.2. The number of rotatable bonds is 9. The molecule has 0 heterocycles. The number of hydrogen-bond donors (Lipinski definition) is 1. The zero-order chi connectivity index (χ0) is 18.3. The summed E-state index contributed by atoms with van der Waals surface area (Å²) in [4.78, 5) is 30.6. The van der Waals surface area contributed by atoms with Crippen molar-refractivity contribution >= 4 is 22.7 Å². The second-order valence-electron chi connectivity index (χ2n) is 6.39. The standard InChI is InChI=1S/C18H31NO4S/c1-6-9-15(19-23-7-2)17-16(20)11-14(13(5)18(17)21)10-12(4)24(22)8-3/h12-14,19H,6-11H2,1-5H3. The van der Waals surface area contributed by atoms with E-state index in [1.807, 2.05) is 34.6 Å². The molecule has 0 bridgehead atoms. The SMILES string of the molecule is CCCC(NOCC)=C1C(=O)CC(CC(C)[S+]([O-])CC)C(C)C1=O. The highest BCUT2D eigenvalue weighted by atomic mass is 32.2. The predicted molar refractivity (Wildman–Crippen MR) is 96.7 cm³/mol. The summed E-state index contributed by atoms with van der Waals surface area (Å²) in [6.45, 7) is 10.0. The average Bonchev–Trinajstić information content (AvgIpc) is 2.56. The van der Waals surface area contributed by atoms with Crippen molar-refractivity contribution in [1.82, 2.24) is 5.48 Å². The number of hydrogen-bond acceptors (Lipinski definition) is 5. The van der Waals surface area contributed by atoms with Gasteiger partial charge in [0.25, 0.3) is 0 Å². The van der Waals surface area contributed by atoms with E-state index in [-0.39, 0.29) is 34.2 Å². The first-order valence-corrected chi connectivity index (χ1v) is 10.3. The van der Waals surface area contributed by atoms with Crippen molar-refractivity contribution < 1.29 is 19.0 Å². The number of carbonyl (C=O) groups is 2. The highest BCUT2D eigenvalue weighted by Gasteiger charge is 2.40. The van der Waals surface area contributed by atoms with Gasteiger partial charge in [-0.3, -0.25) is 19.9 Å². The van der Waals surface area contributed by atoms with Crippen LogP contribution >= 0.6 is 0 Å². The Bertz CT molecular complexity index is 478. The molecule has 0 spiro atoms. The maximum Gasteiger partial charge on any atom is 0.171 e. The third kappa shape index (κ3) is 5.33. The molecule has 1 aliphatic rings. The second kappa shape index (κ2) is 10.2. The maximum absolute atomic E-state index is 12.8. The molecule has 0 saturated heterocycles. The van der Waals surface area contributed by atoms with Crippen LogP contribution in [-0.4, -0.2) is 33.7 Å². The lowest BCUT2D eigenvalue weighted by molar-refractivity contribution is -0.129. The van der Waals surface area contributed by atoms with Crippen molar-refractivity contribution in [3.05, 3.63) is 11.3 Å². The van der Waals surface area contributed by atoms with E-state index in [0.29, 0.717) is 37.3 Å². The minimum Gasteiger partial charge on any atom is -0.616 e. The smallest absolute Gasteiger partial charge is 0.171 e. The Balaban J connectivity index is 2.96. The Morgan fingerprint density at radius 3 is 2.58 bits per heavy atom. The molecular formula is C18H31NO4S. The summed E-state index contributed by atoms with van der Waals surface area (Å²) in [5, 5.41) is 0.00485. The fraction of sp³-hybridized carbons (Fsp3) is 0.778. The lowest BCUT2D eigenvalue weighted by Crippen LogP contribution is -2.38. The zero-order valence-corrected chi connectivity index (χ0v) is 16.3. The fourth-order valence-electron chi connectivity index (χ4n) is 3.16. The minimum absolute atomic E-state index is 0.00485. The number of Topliss-reactive ketones (excluding diaryl/α,β-unsaturated/α-hetero) is 2. The number of ketones is 2. The van der Waals surface area contributed by atoms with Gasteiger partial charge in [-0.25, -0.2) is 0 Å². The van der Waals surface area contributed by atoms with Crippen molar-refractivity contribution in [3.63, 3.8) is 0 Å². The van der Waals surface area contributed by atoms with Crippen LogP contribution in [0.25, 0.3) is 0 Å². The molecule has 4 unspecified atom stereocenters. The van der Waals surface area contributed by atoms with Gasteiger partial charge in [0, 0.05) is 12.3 Å². The van der Waals surface area contributed by atoms with Crippen molar-refractivity contribution in [1.29, 1.82) is 0 Å². The molecule has 1 saturated carbocycles. The molecule has 1 aliphatic carbocycles. The largest absolute Gasteiger partial charge is 0.616 e. The van der Waals surface area contributed by atoms with Crippen LogP contribution in [0.3, 0.4) is 0 Å². The number of hydroxylamine groups is 1. The lowest BCUT2D eigenvalue weighted by atomic mass is 9.73. The van der Waals surface area contributed by atoms with E-state index in [4.69, 9.17) is 4.84 Å². The Hall–Kier alpha value is -0.850. The van der Waals surface area contributed by atoms with Crippen molar-refractivity contribution in [2.24, 2.45) is 11.8 Å². The summed E-state index contributed by atoms with van der Waals surface area (Å²) in [5.74, 6) is 0.113. The molecule has 0 aromatic heterocycles. The van der Waals surface area contributed by atoms with Gasteiger partial charge in [-0.1, -0.05) is 31.4 Å².